The van der Waals surface area contributed by atoms with Crippen LogP contribution in [0.4, 0.5) is 9.59 Å². The Morgan fingerprint density at radius 3 is 2.80 bits per heavy atom. The Balaban J connectivity index is 1.70. The molecule has 0 bridgehead atoms. The van der Waals surface area contributed by atoms with Crippen LogP contribution in [0.5, 0.6) is 0 Å². The second-order valence-electron chi connectivity index (χ2n) is 6.33. The molecule has 0 spiro atoms. The minimum absolute atomic E-state index is 0.0375. The largest absolute Gasteiger partial charge is 0.456 e. The first kappa shape index (κ1) is 18.5. The van der Waals surface area contributed by atoms with Crippen molar-refractivity contribution in [1.29, 1.82) is 0 Å². The number of alkyl carbamates (subject to hydrolysis) is 1. The molecule has 2 heterocycles. The van der Waals surface area contributed by atoms with Gasteiger partial charge in [0.25, 0.3) is 0 Å². The number of amides is 3. The second-order valence-corrected chi connectivity index (χ2v) is 6.33. The second kappa shape index (κ2) is 8.32. The number of nitrogens with one attached hydrogen (secondary N) is 2. The molecule has 136 valence electrons. The Morgan fingerprint density at radius 1 is 1.32 bits per heavy atom. The number of aromatic nitrogens is 1. The van der Waals surface area contributed by atoms with Crippen molar-refractivity contribution >= 4 is 18.0 Å². The molecular weight excluding hydrogens is 326 g/mol. The fourth-order valence-corrected chi connectivity index (χ4v) is 1.90. The first-order chi connectivity index (χ1) is 11.8. The van der Waals surface area contributed by atoms with Gasteiger partial charge >= 0.3 is 12.1 Å². The zero-order valence-corrected chi connectivity index (χ0v) is 14.6. The lowest BCUT2D eigenvalue weighted by Gasteiger charge is -2.19. The number of ether oxygens (including phenoxy) is 2. The Kier molecular flexibility index (Phi) is 6.15. The molecule has 0 aliphatic carbocycles. The van der Waals surface area contributed by atoms with Crippen molar-refractivity contribution in [3.63, 3.8) is 0 Å². The summed E-state index contributed by atoms with van der Waals surface area (Å²) in [6.07, 6.45) is 1.52. The Hall–Kier alpha value is -2.84. The predicted molar refractivity (Wildman–Crippen MR) is 90.6 cm³/mol. The topological polar surface area (TPSA) is 105 Å². The lowest BCUT2D eigenvalue weighted by atomic mass is 10.2. The van der Waals surface area contributed by atoms with Gasteiger partial charge in [-0.25, -0.2) is 9.59 Å². The molecule has 3 amide bonds. The summed E-state index contributed by atoms with van der Waals surface area (Å²) < 4.78 is 10.5. The highest BCUT2D eigenvalue weighted by Gasteiger charge is 2.22. The van der Waals surface area contributed by atoms with Crippen LogP contribution < -0.4 is 10.6 Å². The van der Waals surface area contributed by atoms with Crippen LogP contribution in [0.2, 0.25) is 0 Å². The van der Waals surface area contributed by atoms with Crippen LogP contribution in [0, 0.1) is 0 Å². The molecular formula is C16H23N5O4. The fraction of sp³-hybridized carbons (Fsp3) is 0.500. The van der Waals surface area contributed by atoms with Crippen molar-refractivity contribution in [2.75, 3.05) is 13.3 Å². The highest BCUT2D eigenvalue weighted by atomic mass is 16.6. The van der Waals surface area contributed by atoms with Gasteiger partial charge in [0.05, 0.1) is 12.2 Å². The molecule has 1 aromatic heterocycles. The van der Waals surface area contributed by atoms with Gasteiger partial charge in [0, 0.05) is 19.2 Å². The maximum absolute atomic E-state index is 12.0. The van der Waals surface area contributed by atoms with E-state index in [0.717, 1.165) is 5.69 Å². The summed E-state index contributed by atoms with van der Waals surface area (Å²) in [6.45, 7) is 6.02. The number of hydrogen-bond acceptors (Lipinski definition) is 6. The molecule has 0 saturated carbocycles. The number of nitrogens with zero attached hydrogens (tertiary/aromatic N) is 3. The summed E-state index contributed by atoms with van der Waals surface area (Å²) >= 11 is 0. The van der Waals surface area contributed by atoms with E-state index in [0.29, 0.717) is 25.4 Å². The Morgan fingerprint density at radius 2 is 2.12 bits per heavy atom. The monoisotopic (exact) mass is 349 g/mol. The molecule has 9 heteroatoms. The van der Waals surface area contributed by atoms with Crippen LogP contribution in [0.3, 0.4) is 0 Å². The highest BCUT2D eigenvalue weighted by Crippen LogP contribution is 2.08. The normalized spacial score (nSPS) is 13.7. The van der Waals surface area contributed by atoms with Gasteiger partial charge in [-0.1, -0.05) is 6.07 Å². The van der Waals surface area contributed by atoms with E-state index in [1.54, 1.807) is 27.0 Å². The molecule has 0 atom stereocenters. The summed E-state index contributed by atoms with van der Waals surface area (Å²) in [5.74, 6) is 0.379. The van der Waals surface area contributed by atoms with Gasteiger partial charge in [-0.3, -0.25) is 4.98 Å². The zero-order chi connectivity index (χ0) is 18.3. The number of rotatable bonds is 5. The summed E-state index contributed by atoms with van der Waals surface area (Å²) in [5.41, 5.74) is 0.204. The predicted octanol–water partition coefficient (Wildman–Crippen LogP) is 1.81. The Labute approximate surface area is 146 Å². The SMILES string of the molecule is CC(C)(C)OC(=O)NCCC1=NN(C(=O)NCc2ccccn2)CO1. The van der Waals surface area contributed by atoms with E-state index in [1.165, 1.54) is 5.01 Å². The number of urea groups is 1. The van der Waals surface area contributed by atoms with Crippen molar-refractivity contribution in [2.24, 2.45) is 5.10 Å². The average Bonchev–Trinajstić information content (AvgIpc) is 3.01. The Bertz CT molecular complexity index is 627. The highest BCUT2D eigenvalue weighted by molar-refractivity contribution is 5.82. The summed E-state index contributed by atoms with van der Waals surface area (Å²) in [5, 5.41) is 10.6. The smallest absolute Gasteiger partial charge is 0.407 e. The van der Waals surface area contributed by atoms with Crippen molar-refractivity contribution in [1.82, 2.24) is 20.6 Å². The summed E-state index contributed by atoms with van der Waals surface area (Å²) in [6, 6.07) is 5.10. The molecule has 9 nitrogen and oxygen atoms in total. The maximum Gasteiger partial charge on any atom is 0.407 e. The van der Waals surface area contributed by atoms with Gasteiger partial charge in [0.1, 0.15) is 5.60 Å². The van der Waals surface area contributed by atoms with Crippen LogP contribution in [0.15, 0.2) is 29.5 Å². The number of carbonyl (C=O) groups excluding carboxylic acids is 2. The van der Waals surface area contributed by atoms with Crippen molar-refractivity contribution in [2.45, 2.75) is 39.3 Å². The van der Waals surface area contributed by atoms with Crippen LogP contribution in [-0.2, 0) is 16.0 Å². The van der Waals surface area contributed by atoms with Crippen LogP contribution >= 0.6 is 0 Å². The molecule has 0 fully saturated rings. The van der Waals surface area contributed by atoms with Crippen molar-refractivity contribution in [3.8, 4) is 0 Å². The zero-order valence-electron chi connectivity index (χ0n) is 14.6. The van der Waals surface area contributed by atoms with E-state index in [9.17, 15) is 9.59 Å². The van der Waals surface area contributed by atoms with Gasteiger partial charge in [-0.05, 0) is 32.9 Å². The van der Waals surface area contributed by atoms with Gasteiger partial charge in [-0.2, -0.15) is 5.01 Å². The van der Waals surface area contributed by atoms with E-state index in [2.05, 4.69) is 20.7 Å². The van der Waals surface area contributed by atoms with Gasteiger partial charge in [-0.15, -0.1) is 5.10 Å². The first-order valence-electron chi connectivity index (χ1n) is 7.96. The average molecular weight is 349 g/mol. The van der Waals surface area contributed by atoms with E-state index in [-0.39, 0.29) is 12.8 Å². The molecule has 1 aliphatic heterocycles. The van der Waals surface area contributed by atoms with E-state index in [1.807, 2.05) is 18.2 Å². The molecule has 1 aromatic rings. The summed E-state index contributed by atoms with van der Waals surface area (Å²) in [7, 11) is 0. The first-order valence-corrected chi connectivity index (χ1v) is 7.96. The van der Waals surface area contributed by atoms with E-state index < -0.39 is 11.7 Å². The van der Waals surface area contributed by atoms with Crippen LogP contribution in [0.1, 0.15) is 32.9 Å². The van der Waals surface area contributed by atoms with Gasteiger partial charge in [0.15, 0.2) is 6.73 Å². The molecule has 1 aliphatic rings. The van der Waals surface area contributed by atoms with Crippen molar-refractivity contribution < 1.29 is 19.1 Å². The molecule has 0 aromatic carbocycles. The lowest BCUT2D eigenvalue weighted by molar-refractivity contribution is 0.0529. The minimum Gasteiger partial charge on any atom is -0.456 e. The third-order valence-corrected chi connectivity index (χ3v) is 2.97. The molecule has 0 saturated heterocycles. The quantitative estimate of drug-likeness (QED) is 0.843. The lowest BCUT2D eigenvalue weighted by Crippen LogP contribution is -2.35. The maximum atomic E-state index is 12.0. The number of hydrazone groups is 1. The molecule has 2 N–H and O–H groups in total. The number of hydrogen-bond donors (Lipinski definition) is 2. The minimum atomic E-state index is -0.548. The fourth-order valence-electron chi connectivity index (χ4n) is 1.90. The molecule has 25 heavy (non-hydrogen) atoms. The third kappa shape index (κ3) is 6.66. The number of carbonyl (C=O) groups is 2. The summed E-state index contributed by atoms with van der Waals surface area (Å²) in [4.78, 5) is 27.7. The molecule has 2 rings (SSSR count). The van der Waals surface area contributed by atoms with Crippen LogP contribution in [0.25, 0.3) is 0 Å². The standard InChI is InChI=1S/C16H23N5O4/c1-16(2,3)25-15(23)18-9-7-13-20-21(11-24-13)14(22)19-10-12-6-4-5-8-17-12/h4-6,8H,7,9-11H2,1-3H3,(H,18,23)(H,19,22). The molecule has 0 radical (unpaired) electrons. The van der Waals surface area contributed by atoms with Crippen LogP contribution in [-0.4, -0.2) is 46.9 Å². The number of pyridine rings is 1. The van der Waals surface area contributed by atoms with Gasteiger partial charge in [0.2, 0.25) is 5.90 Å². The van der Waals surface area contributed by atoms with E-state index >= 15 is 0 Å². The molecule has 0 unspecified atom stereocenters. The third-order valence-electron chi connectivity index (χ3n) is 2.97. The van der Waals surface area contributed by atoms with Gasteiger partial charge < -0.3 is 20.1 Å². The van der Waals surface area contributed by atoms with Crippen molar-refractivity contribution in [3.05, 3.63) is 30.1 Å². The van der Waals surface area contributed by atoms with E-state index in [4.69, 9.17) is 9.47 Å².